The van der Waals surface area contributed by atoms with Crippen molar-refractivity contribution < 1.29 is 13.2 Å². The largest absolute Gasteiger partial charge is 0.322 e. The molecular weight excluding hydrogens is 384 g/mol. The van der Waals surface area contributed by atoms with Crippen molar-refractivity contribution in [1.82, 2.24) is 0 Å². The zero-order chi connectivity index (χ0) is 21.2. The highest BCUT2D eigenvalue weighted by Gasteiger charge is 2.23. The summed E-state index contributed by atoms with van der Waals surface area (Å²) >= 11 is 0. The molecule has 0 atom stereocenters. The van der Waals surface area contributed by atoms with Gasteiger partial charge in [-0.2, -0.15) is 0 Å². The second-order valence-corrected chi connectivity index (χ2v) is 9.08. The standard InChI is InChI=1S/C23H24N2O3S/c1-16-8-12-21(13-9-16)29(27,28)25(4)22-15-19(11-10-18(22)3)23(26)24-20-7-5-6-17(2)14-20/h5-15H,1-4H3,(H,24,26). The fraction of sp³-hybridized carbons (Fsp3) is 0.174. The van der Waals surface area contributed by atoms with E-state index in [1.165, 1.54) is 11.4 Å². The minimum absolute atomic E-state index is 0.208. The molecule has 0 spiro atoms. The summed E-state index contributed by atoms with van der Waals surface area (Å²) in [5, 5.41) is 2.85. The summed E-state index contributed by atoms with van der Waals surface area (Å²) in [7, 11) is -2.24. The molecule has 0 saturated heterocycles. The van der Waals surface area contributed by atoms with Crippen LogP contribution in [0.15, 0.2) is 71.6 Å². The van der Waals surface area contributed by atoms with Crippen LogP contribution in [0.4, 0.5) is 11.4 Å². The Morgan fingerprint density at radius 3 is 2.21 bits per heavy atom. The van der Waals surface area contributed by atoms with Gasteiger partial charge in [0.1, 0.15) is 0 Å². The molecule has 0 radical (unpaired) electrons. The lowest BCUT2D eigenvalue weighted by atomic mass is 10.1. The van der Waals surface area contributed by atoms with E-state index in [0.29, 0.717) is 16.9 Å². The third kappa shape index (κ3) is 4.49. The average Bonchev–Trinajstić information content (AvgIpc) is 2.68. The van der Waals surface area contributed by atoms with E-state index < -0.39 is 10.0 Å². The number of hydrogen-bond donors (Lipinski definition) is 1. The highest BCUT2D eigenvalue weighted by molar-refractivity contribution is 7.92. The Labute approximate surface area is 172 Å². The number of nitrogens with one attached hydrogen (secondary N) is 1. The summed E-state index contributed by atoms with van der Waals surface area (Å²) in [6, 6.07) is 19.3. The van der Waals surface area contributed by atoms with Crippen LogP contribution in [0.2, 0.25) is 0 Å². The lowest BCUT2D eigenvalue weighted by Crippen LogP contribution is -2.27. The monoisotopic (exact) mass is 408 g/mol. The first-order valence-electron chi connectivity index (χ1n) is 9.23. The molecule has 0 saturated carbocycles. The van der Waals surface area contributed by atoms with Crippen molar-refractivity contribution in [3.63, 3.8) is 0 Å². The van der Waals surface area contributed by atoms with Crippen molar-refractivity contribution in [3.05, 3.63) is 89.0 Å². The third-order valence-electron chi connectivity index (χ3n) is 4.77. The van der Waals surface area contributed by atoms with Crippen molar-refractivity contribution in [2.75, 3.05) is 16.7 Å². The summed E-state index contributed by atoms with van der Waals surface area (Å²) in [6.45, 7) is 5.67. The first-order valence-corrected chi connectivity index (χ1v) is 10.7. The van der Waals surface area contributed by atoms with Crippen molar-refractivity contribution in [1.29, 1.82) is 0 Å². The molecule has 0 fully saturated rings. The van der Waals surface area contributed by atoms with E-state index in [1.54, 1.807) is 42.5 Å². The quantitative estimate of drug-likeness (QED) is 0.666. The predicted molar refractivity (Wildman–Crippen MR) is 117 cm³/mol. The normalized spacial score (nSPS) is 11.2. The Kier molecular flexibility index (Phi) is 5.75. The summed E-state index contributed by atoms with van der Waals surface area (Å²) in [4.78, 5) is 12.9. The number of anilines is 2. The van der Waals surface area contributed by atoms with Crippen molar-refractivity contribution in [3.8, 4) is 0 Å². The first-order chi connectivity index (χ1) is 13.7. The highest BCUT2D eigenvalue weighted by Crippen LogP contribution is 2.27. The van der Waals surface area contributed by atoms with E-state index in [2.05, 4.69) is 5.32 Å². The minimum Gasteiger partial charge on any atom is -0.322 e. The Bertz CT molecular complexity index is 1150. The molecule has 1 N–H and O–H groups in total. The molecule has 0 aliphatic heterocycles. The maximum Gasteiger partial charge on any atom is 0.264 e. The van der Waals surface area contributed by atoms with Gasteiger partial charge >= 0.3 is 0 Å². The molecule has 29 heavy (non-hydrogen) atoms. The van der Waals surface area contributed by atoms with Gasteiger partial charge in [0, 0.05) is 18.3 Å². The number of amides is 1. The molecule has 0 aromatic heterocycles. The van der Waals surface area contributed by atoms with E-state index in [4.69, 9.17) is 0 Å². The minimum atomic E-state index is -3.74. The van der Waals surface area contributed by atoms with Gasteiger partial charge in [0.05, 0.1) is 10.6 Å². The molecule has 0 aliphatic carbocycles. The van der Waals surface area contributed by atoms with Crippen LogP contribution in [0, 0.1) is 20.8 Å². The maximum absolute atomic E-state index is 13.0. The topological polar surface area (TPSA) is 66.5 Å². The third-order valence-corrected chi connectivity index (χ3v) is 6.55. The lowest BCUT2D eigenvalue weighted by Gasteiger charge is -2.22. The van der Waals surface area contributed by atoms with E-state index in [9.17, 15) is 13.2 Å². The molecule has 3 aromatic rings. The number of rotatable bonds is 5. The fourth-order valence-corrected chi connectivity index (χ4v) is 4.27. The number of nitrogens with zero attached hydrogens (tertiary/aromatic N) is 1. The van der Waals surface area contributed by atoms with Crippen molar-refractivity contribution >= 4 is 27.3 Å². The smallest absolute Gasteiger partial charge is 0.264 e. The Hall–Kier alpha value is -3.12. The molecule has 150 valence electrons. The van der Waals surface area contributed by atoms with Crippen LogP contribution in [0.5, 0.6) is 0 Å². The second kappa shape index (κ2) is 8.09. The maximum atomic E-state index is 13.0. The summed E-state index contributed by atoms with van der Waals surface area (Å²) in [5.41, 5.74) is 4.32. The van der Waals surface area contributed by atoms with Crippen LogP contribution < -0.4 is 9.62 Å². The summed E-state index contributed by atoms with van der Waals surface area (Å²) in [5.74, 6) is -0.294. The van der Waals surface area contributed by atoms with Gasteiger partial charge in [-0.1, -0.05) is 35.9 Å². The second-order valence-electron chi connectivity index (χ2n) is 7.11. The molecule has 6 heteroatoms. The van der Waals surface area contributed by atoms with Crippen LogP contribution in [0.3, 0.4) is 0 Å². The van der Waals surface area contributed by atoms with E-state index in [0.717, 1.165) is 16.7 Å². The molecule has 0 unspecified atom stereocenters. The first kappa shape index (κ1) is 20.6. The molecule has 3 aromatic carbocycles. The zero-order valence-electron chi connectivity index (χ0n) is 16.9. The van der Waals surface area contributed by atoms with E-state index in [1.807, 2.05) is 45.0 Å². The van der Waals surface area contributed by atoms with Gasteiger partial charge in [0.2, 0.25) is 0 Å². The number of aryl methyl sites for hydroxylation is 3. The Morgan fingerprint density at radius 2 is 1.55 bits per heavy atom. The molecule has 0 bridgehead atoms. The molecule has 0 heterocycles. The van der Waals surface area contributed by atoms with Crippen molar-refractivity contribution in [2.24, 2.45) is 0 Å². The Morgan fingerprint density at radius 1 is 0.862 bits per heavy atom. The van der Waals surface area contributed by atoms with Gasteiger partial charge in [-0.25, -0.2) is 8.42 Å². The molecule has 0 aliphatic rings. The average molecular weight is 409 g/mol. The summed E-state index contributed by atoms with van der Waals surface area (Å²) in [6.07, 6.45) is 0. The van der Waals surface area contributed by atoms with Gasteiger partial charge in [0.25, 0.3) is 15.9 Å². The molecule has 5 nitrogen and oxygen atoms in total. The predicted octanol–water partition coefficient (Wildman–Crippen LogP) is 4.69. The Balaban J connectivity index is 1.92. The lowest BCUT2D eigenvalue weighted by molar-refractivity contribution is 0.102. The SMILES string of the molecule is Cc1ccc(S(=O)(=O)N(C)c2cc(C(=O)Nc3cccc(C)c3)ccc2C)cc1. The van der Waals surface area contributed by atoms with Crippen LogP contribution in [0.25, 0.3) is 0 Å². The van der Waals surface area contributed by atoms with Crippen LogP contribution >= 0.6 is 0 Å². The highest BCUT2D eigenvalue weighted by atomic mass is 32.2. The van der Waals surface area contributed by atoms with Gasteiger partial charge in [-0.05, 0) is 68.3 Å². The van der Waals surface area contributed by atoms with Gasteiger partial charge in [-0.3, -0.25) is 9.10 Å². The number of hydrogen-bond acceptors (Lipinski definition) is 3. The van der Waals surface area contributed by atoms with Gasteiger partial charge in [0.15, 0.2) is 0 Å². The van der Waals surface area contributed by atoms with E-state index >= 15 is 0 Å². The van der Waals surface area contributed by atoms with E-state index in [-0.39, 0.29) is 10.8 Å². The van der Waals surface area contributed by atoms with Gasteiger partial charge in [-0.15, -0.1) is 0 Å². The van der Waals surface area contributed by atoms with Crippen molar-refractivity contribution in [2.45, 2.75) is 25.7 Å². The number of sulfonamides is 1. The molecule has 1 amide bonds. The molecule has 3 rings (SSSR count). The fourth-order valence-electron chi connectivity index (χ4n) is 3.01. The van der Waals surface area contributed by atoms with Crippen LogP contribution in [0.1, 0.15) is 27.0 Å². The molecular formula is C23H24N2O3S. The number of carbonyl (C=O) groups is 1. The summed E-state index contributed by atoms with van der Waals surface area (Å²) < 4.78 is 27.3. The zero-order valence-corrected chi connectivity index (χ0v) is 17.7. The number of carbonyl (C=O) groups excluding carboxylic acids is 1. The number of benzene rings is 3. The van der Waals surface area contributed by atoms with Crippen LogP contribution in [-0.2, 0) is 10.0 Å². The van der Waals surface area contributed by atoms with Crippen LogP contribution in [-0.4, -0.2) is 21.4 Å². The van der Waals surface area contributed by atoms with Gasteiger partial charge < -0.3 is 5.32 Å².